The van der Waals surface area contributed by atoms with Crippen molar-refractivity contribution in [2.45, 2.75) is 26.2 Å². The van der Waals surface area contributed by atoms with Crippen molar-refractivity contribution in [1.29, 1.82) is 0 Å². The minimum atomic E-state index is 0.682. The van der Waals surface area contributed by atoms with Crippen molar-refractivity contribution in [2.24, 2.45) is 0 Å². The third kappa shape index (κ3) is 2.01. The second-order valence-electron chi connectivity index (χ2n) is 5.30. The topological polar surface area (TPSA) is 12.0 Å². The highest BCUT2D eigenvalue weighted by Crippen LogP contribution is 2.34. The molecule has 2 aromatic rings. The molecule has 0 aliphatic heterocycles. The molecule has 3 rings (SSSR count). The van der Waals surface area contributed by atoms with Crippen LogP contribution in [0, 0.1) is 13.8 Å². The summed E-state index contributed by atoms with van der Waals surface area (Å²) >= 11 is 0. The summed E-state index contributed by atoms with van der Waals surface area (Å²) in [6.45, 7) is 5.35. The number of hydrogen-bond acceptors (Lipinski definition) is 1. The normalized spacial score (nSPS) is 16.9. The van der Waals surface area contributed by atoms with Gasteiger partial charge in [0.1, 0.15) is 0 Å². The monoisotopic (exact) mass is 237 g/mol. The molecule has 1 N–H and O–H groups in total. The molecule has 0 saturated carbocycles. The Balaban J connectivity index is 1.66. The van der Waals surface area contributed by atoms with Gasteiger partial charge in [0.25, 0.3) is 0 Å². The molecule has 1 unspecified atom stereocenters. The van der Waals surface area contributed by atoms with Crippen LogP contribution in [0.15, 0.2) is 42.5 Å². The summed E-state index contributed by atoms with van der Waals surface area (Å²) in [5.41, 5.74) is 6.97. The predicted octanol–water partition coefficient (Wildman–Crippen LogP) is 4.06. The van der Waals surface area contributed by atoms with Crippen molar-refractivity contribution in [3.8, 4) is 0 Å². The van der Waals surface area contributed by atoms with Crippen molar-refractivity contribution >= 4 is 5.69 Å². The molecule has 0 amide bonds. The van der Waals surface area contributed by atoms with E-state index in [1.807, 2.05) is 0 Å². The van der Waals surface area contributed by atoms with Crippen molar-refractivity contribution in [3.05, 3.63) is 64.7 Å². The minimum absolute atomic E-state index is 0.682. The number of hydrogen-bond donors (Lipinski definition) is 1. The van der Waals surface area contributed by atoms with E-state index < -0.39 is 0 Å². The predicted molar refractivity (Wildman–Crippen MR) is 77.3 cm³/mol. The summed E-state index contributed by atoms with van der Waals surface area (Å²) in [5.74, 6) is 0.682. The Morgan fingerprint density at radius 1 is 1.11 bits per heavy atom. The third-order valence-electron chi connectivity index (χ3n) is 3.88. The van der Waals surface area contributed by atoms with Gasteiger partial charge in [0, 0.05) is 18.2 Å². The smallest absolute Gasteiger partial charge is 0.0370 e. The number of rotatable bonds is 3. The number of aryl methyl sites for hydroxylation is 2. The van der Waals surface area contributed by atoms with Crippen LogP contribution in [0.2, 0.25) is 0 Å². The zero-order chi connectivity index (χ0) is 12.5. The SMILES string of the molecule is Cc1ccc(NCC2Cc3ccccc32)c(C)c1. The summed E-state index contributed by atoms with van der Waals surface area (Å²) in [5, 5.41) is 3.58. The molecular weight excluding hydrogens is 218 g/mol. The maximum atomic E-state index is 3.58. The Morgan fingerprint density at radius 2 is 1.94 bits per heavy atom. The van der Waals surface area contributed by atoms with E-state index >= 15 is 0 Å². The van der Waals surface area contributed by atoms with Crippen LogP contribution in [-0.4, -0.2) is 6.54 Å². The van der Waals surface area contributed by atoms with Gasteiger partial charge < -0.3 is 5.32 Å². The molecular formula is C17H19N. The summed E-state index contributed by atoms with van der Waals surface area (Å²) in [4.78, 5) is 0. The maximum absolute atomic E-state index is 3.58. The van der Waals surface area contributed by atoms with E-state index in [1.54, 1.807) is 0 Å². The number of fused-ring (bicyclic) bond motifs is 1. The Labute approximate surface area is 109 Å². The van der Waals surface area contributed by atoms with Crippen LogP contribution >= 0.6 is 0 Å². The van der Waals surface area contributed by atoms with Gasteiger partial charge in [0.05, 0.1) is 0 Å². The molecule has 2 aromatic carbocycles. The fourth-order valence-corrected chi connectivity index (χ4v) is 2.79. The van der Waals surface area contributed by atoms with Gasteiger partial charge in [0.15, 0.2) is 0 Å². The molecule has 18 heavy (non-hydrogen) atoms. The average molecular weight is 237 g/mol. The van der Waals surface area contributed by atoms with E-state index in [-0.39, 0.29) is 0 Å². The molecule has 1 nitrogen and oxygen atoms in total. The van der Waals surface area contributed by atoms with Gasteiger partial charge >= 0.3 is 0 Å². The van der Waals surface area contributed by atoms with Gasteiger partial charge in [-0.1, -0.05) is 42.0 Å². The number of benzene rings is 2. The van der Waals surface area contributed by atoms with E-state index in [0.29, 0.717) is 5.92 Å². The fraction of sp³-hybridized carbons (Fsp3) is 0.294. The van der Waals surface area contributed by atoms with Gasteiger partial charge in [-0.15, -0.1) is 0 Å². The molecule has 0 bridgehead atoms. The van der Waals surface area contributed by atoms with Crippen LogP contribution in [-0.2, 0) is 6.42 Å². The Morgan fingerprint density at radius 3 is 2.72 bits per heavy atom. The van der Waals surface area contributed by atoms with E-state index in [0.717, 1.165) is 6.54 Å². The molecule has 0 heterocycles. The second-order valence-corrected chi connectivity index (χ2v) is 5.30. The van der Waals surface area contributed by atoms with E-state index in [2.05, 4.69) is 61.6 Å². The van der Waals surface area contributed by atoms with Crippen LogP contribution in [0.3, 0.4) is 0 Å². The molecule has 0 fully saturated rings. The highest BCUT2D eigenvalue weighted by molar-refractivity contribution is 5.53. The molecule has 1 aliphatic carbocycles. The number of anilines is 1. The van der Waals surface area contributed by atoms with Gasteiger partial charge in [-0.2, -0.15) is 0 Å². The van der Waals surface area contributed by atoms with Crippen molar-refractivity contribution in [1.82, 2.24) is 0 Å². The van der Waals surface area contributed by atoms with Gasteiger partial charge in [-0.25, -0.2) is 0 Å². The molecule has 1 aliphatic rings. The molecule has 0 spiro atoms. The summed E-state index contributed by atoms with van der Waals surface area (Å²) < 4.78 is 0. The molecule has 92 valence electrons. The first kappa shape index (κ1) is 11.3. The fourth-order valence-electron chi connectivity index (χ4n) is 2.79. The van der Waals surface area contributed by atoms with Crippen LogP contribution in [0.25, 0.3) is 0 Å². The minimum Gasteiger partial charge on any atom is -0.384 e. The zero-order valence-corrected chi connectivity index (χ0v) is 11.0. The van der Waals surface area contributed by atoms with Crippen LogP contribution in [0.4, 0.5) is 5.69 Å². The highest BCUT2D eigenvalue weighted by atomic mass is 14.9. The number of nitrogens with one attached hydrogen (secondary N) is 1. The first-order valence-electron chi connectivity index (χ1n) is 6.63. The van der Waals surface area contributed by atoms with Gasteiger partial charge in [-0.3, -0.25) is 0 Å². The summed E-state index contributed by atoms with van der Waals surface area (Å²) in [7, 11) is 0. The first-order valence-corrected chi connectivity index (χ1v) is 6.63. The van der Waals surface area contributed by atoms with Gasteiger partial charge in [-0.05, 0) is 43.0 Å². The van der Waals surface area contributed by atoms with Crippen LogP contribution < -0.4 is 5.32 Å². The van der Waals surface area contributed by atoms with Crippen molar-refractivity contribution in [2.75, 3.05) is 11.9 Å². The molecule has 1 atom stereocenters. The molecule has 0 aromatic heterocycles. The lowest BCUT2D eigenvalue weighted by Gasteiger charge is -2.30. The summed E-state index contributed by atoms with van der Waals surface area (Å²) in [6, 6.07) is 15.4. The maximum Gasteiger partial charge on any atom is 0.0370 e. The van der Waals surface area contributed by atoms with Gasteiger partial charge in [0.2, 0.25) is 0 Å². The zero-order valence-electron chi connectivity index (χ0n) is 11.0. The molecule has 0 radical (unpaired) electrons. The lowest BCUT2D eigenvalue weighted by Crippen LogP contribution is -2.24. The third-order valence-corrected chi connectivity index (χ3v) is 3.88. The average Bonchev–Trinajstić information content (AvgIpc) is 2.33. The Bertz CT molecular complexity index is 572. The standard InChI is InChI=1S/C17H19N/c1-12-7-8-17(13(2)9-12)18-11-15-10-14-5-3-4-6-16(14)15/h3-9,15,18H,10-11H2,1-2H3. The van der Waals surface area contributed by atoms with Crippen molar-refractivity contribution in [3.63, 3.8) is 0 Å². The first-order chi connectivity index (χ1) is 8.74. The summed E-state index contributed by atoms with van der Waals surface area (Å²) in [6.07, 6.45) is 1.22. The molecule has 1 heteroatoms. The largest absolute Gasteiger partial charge is 0.384 e. The lowest BCUT2D eigenvalue weighted by atomic mass is 9.77. The van der Waals surface area contributed by atoms with E-state index in [9.17, 15) is 0 Å². The van der Waals surface area contributed by atoms with Crippen LogP contribution in [0.5, 0.6) is 0 Å². The molecule has 0 saturated heterocycles. The second kappa shape index (κ2) is 4.49. The van der Waals surface area contributed by atoms with Crippen molar-refractivity contribution < 1.29 is 0 Å². The quantitative estimate of drug-likeness (QED) is 0.849. The van der Waals surface area contributed by atoms with Crippen LogP contribution in [0.1, 0.15) is 28.2 Å². The van der Waals surface area contributed by atoms with E-state index in [1.165, 1.54) is 34.4 Å². The van der Waals surface area contributed by atoms with E-state index in [4.69, 9.17) is 0 Å². The Hall–Kier alpha value is -1.76. The Kier molecular flexibility index (Phi) is 2.83. The highest BCUT2D eigenvalue weighted by Gasteiger charge is 2.24. The lowest BCUT2D eigenvalue weighted by molar-refractivity contribution is 0.635.